The van der Waals surface area contributed by atoms with Crippen LogP contribution in [0.5, 0.6) is 0 Å². The van der Waals surface area contributed by atoms with Crippen molar-refractivity contribution in [3.8, 4) is 0 Å². The number of pyridine rings is 1. The van der Waals surface area contributed by atoms with Gasteiger partial charge >= 0.3 is 12.2 Å². The van der Waals surface area contributed by atoms with Crippen molar-refractivity contribution in [1.82, 2.24) is 20.5 Å². The number of nitrogens with zero attached hydrogens (tertiary/aromatic N) is 2. The van der Waals surface area contributed by atoms with Crippen LogP contribution in [0.1, 0.15) is 42.5 Å². The second-order valence-electron chi connectivity index (χ2n) is 6.33. The van der Waals surface area contributed by atoms with Crippen molar-refractivity contribution in [2.24, 2.45) is 0 Å². The minimum Gasteiger partial charge on any atom is -0.314 e. The smallest absolute Gasteiger partial charge is 0.314 e. The largest absolute Gasteiger partial charge is 0.440 e. The number of alkyl halides is 3. The van der Waals surface area contributed by atoms with E-state index in [0.29, 0.717) is 17.7 Å². The fourth-order valence-electron chi connectivity index (χ4n) is 3.31. The van der Waals surface area contributed by atoms with Gasteiger partial charge in [0.05, 0.1) is 0 Å². The highest BCUT2D eigenvalue weighted by Gasteiger charge is 2.69. The molecule has 3 rings (SSSR count). The Morgan fingerprint density at radius 2 is 1.81 bits per heavy atom. The quantitative estimate of drug-likeness (QED) is 0.796. The lowest BCUT2D eigenvalue weighted by Gasteiger charge is -2.32. The van der Waals surface area contributed by atoms with Crippen LogP contribution in [0.15, 0.2) is 24.5 Å². The van der Waals surface area contributed by atoms with Gasteiger partial charge < -0.3 is 5.32 Å². The summed E-state index contributed by atoms with van der Waals surface area (Å²) in [6, 6.07) is 0.673. The Bertz CT molecular complexity index is 719. The highest BCUT2D eigenvalue weighted by Crippen LogP contribution is 2.36. The van der Waals surface area contributed by atoms with E-state index in [9.17, 15) is 27.6 Å². The Balaban J connectivity index is 1.92. The van der Waals surface area contributed by atoms with Crippen LogP contribution in [0.25, 0.3) is 0 Å². The third kappa shape index (κ3) is 2.99. The molecule has 7 nitrogen and oxygen atoms in total. The number of hydrogen-bond donors (Lipinski definition) is 2. The zero-order valence-corrected chi connectivity index (χ0v) is 13.7. The summed E-state index contributed by atoms with van der Waals surface area (Å²) in [4.78, 5) is 41.4. The maximum atomic E-state index is 13.8. The lowest BCUT2D eigenvalue weighted by molar-refractivity contribution is -0.200. The van der Waals surface area contributed by atoms with Gasteiger partial charge in [-0.3, -0.25) is 24.8 Å². The zero-order chi connectivity index (χ0) is 18.9. The number of halogens is 3. The van der Waals surface area contributed by atoms with Crippen molar-refractivity contribution in [3.05, 3.63) is 30.1 Å². The van der Waals surface area contributed by atoms with Crippen molar-refractivity contribution >= 4 is 17.8 Å². The number of nitrogens with one attached hydrogen (secondary N) is 2. The molecule has 0 unspecified atom stereocenters. The van der Waals surface area contributed by atoms with Gasteiger partial charge in [0.1, 0.15) is 0 Å². The van der Waals surface area contributed by atoms with Crippen LogP contribution < -0.4 is 10.6 Å². The molecule has 0 bridgehead atoms. The van der Waals surface area contributed by atoms with E-state index < -0.39 is 35.7 Å². The number of urea groups is 1. The molecule has 1 aliphatic carbocycles. The Morgan fingerprint density at radius 1 is 1.19 bits per heavy atom. The molecule has 2 N–H and O–H groups in total. The molecular formula is C16H17F3N4O3. The predicted molar refractivity (Wildman–Crippen MR) is 82.7 cm³/mol. The van der Waals surface area contributed by atoms with Crippen molar-refractivity contribution in [3.63, 3.8) is 0 Å². The maximum Gasteiger partial charge on any atom is 0.440 e. The van der Waals surface area contributed by atoms with Gasteiger partial charge in [0.2, 0.25) is 0 Å². The van der Waals surface area contributed by atoms with E-state index in [4.69, 9.17) is 0 Å². The molecule has 2 fully saturated rings. The molecule has 1 saturated heterocycles. The first kappa shape index (κ1) is 18.2. The monoisotopic (exact) mass is 370 g/mol. The standard InChI is InChI=1S/C16H17F3N4O3/c17-16(18,19)15(21-12(24)10-6-8-20-9-7-10)13(25)23(14(26)22-15)11-4-2-1-3-5-11/h6-9,11H,1-5H2,(H,21,24)(H,22,26)/t15-/m1/s1. The Labute approximate surface area is 146 Å². The fraction of sp³-hybridized carbons (Fsp3) is 0.500. The van der Waals surface area contributed by atoms with Gasteiger partial charge in [0, 0.05) is 24.0 Å². The summed E-state index contributed by atoms with van der Waals surface area (Å²) in [5.41, 5.74) is -3.58. The molecule has 1 aliphatic heterocycles. The first-order valence-electron chi connectivity index (χ1n) is 8.21. The van der Waals surface area contributed by atoms with Gasteiger partial charge in [0.25, 0.3) is 17.5 Å². The van der Waals surface area contributed by atoms with E-state index >= 15 is 0 Å². The summed E-state index contributed by atoms with van der Waals surface area (Å²) < 4.78 is 41.3. The topological polar surface area (TPSA) is 91.4 Å². The summed E-state index contributed by atoms with van der Waals surface area (Å²) in [5.74, 6) is -2.63. The molecule has 26 heavy (non-hydrogen) atoms. The molecular weight excluding hydrogens is 353 g/mol. The van der Waals surface area contributed by atoms with Crippen LogP contribution in [-0.2, 0) is 4.79 Å². The number of carbonyl (C=O) groups excluding carboxylic acids is 3. The Kier molecular flexibility index (Phi) is 4.59. The average Bonchev–Trinajstić information content (AvgIpc) is 2.87. The zero-order valence-electron chi connectivity index (χ0n) is 13.7. The second-order valence-corrected chi connectivity index (χ2v) is 6.33. The SMILES string of the molecule is O=C(N[C@@]1(C(F)(F)F)NC(=O)N(C2CCCCC2)C1=O)c1ccncc1. The second kappa shape index (κ2) is 6.58. The van der Waals surface area contributed by atoms with Crippen molar-refractivity contribution in [2.45, 2.75) is 50.0 Å². The van der Waals surface area contributed by atoms with Gasteiger partial charge in [-0.25, -0.2) is 4.79 Å². The Hall–Kier alpha value is -2.65. The van der Waals surface area contributed by atoms with Crippen LogP contribution >= 0.6 is 0 Å². The number of hydrogen-bond acceptors (Lipinski definition) is 4. The van der Waals surface area contributed by atoms with E-state index in [1.54, 1.807) is 10.6 Å². The van der Waals surface area contributed by atoms with E-state index in [2.05, 4.69) is 4.98 Å². The first-order valence-corrected chi connectivity index (χ1v) is 8.21. The molecule has 140 valence electrons. The lowest BCUT2D eigenvalue weighted by Crippen LogP contribution is -2.69. The summed E-state index contributed by atoms with van der Waals surface area (Å²) in [5, 5.41) is 3.35. The highest BCUT2D eigenvalue weighted by molar-refractivity contribution is 6.10. The summed E-state index contributed by atoms with van der Waals surface area (Å²) in [6.07, 6.45) is 0.525. The molecule has 0 aromatic carbocycles. The molecule has 1 aromatic heterocycles. The minimum absolute atomic E-state index is 0.109. The summed E-state index contributed by atoms with van der Waals surface area (Å²) in [6.45, 7) is 0. The number of amides is 4. The highest BCUT2D eigenvalue weighted by atomic mass is 19.4. The van der Waals surface area contributed by atoms with Crippen molar-refractivity contribution < 1.29 is 27.6 Å². The van der Waals surface area contributed by atoms with Gasteiger partial charge in [-0.2, -0.15) is 13.2 Å². The van der Waals surface area contributed by atoms with Gasteiger partial charge in [-0.1, -0.05) is 19.3 Å². The number of aromatic nitrogens is 1. The van der Waals surface area contributed by atoms with Gasteiger partial charge in [0.15, 0.2) is 0 Å². The predicted octanol–water partition coefficient (Wildman–Crippen LogP) is 1.95. The van der Waals surface area contributed by atoms with Crippen LogP contribution in [0.3, 0.4) is 0 Å². The molecule has 1 atom stereocenters. The van der Waals surface area contributed by atoms with Crippen LogP contribution in [0, 0.1) is 0 Å². The first-order chi connectivity index (χ1) is 12.3. The van der Waals surface area contributed by atoms with Crippen LogP contribution in [0.2, 0.25) is 0 Å². The molecule has 10 heteroatoms. The molecule has 2 aliphatic rings. The maximum absolute atomic E-state index is 13.8. The molecule has 0 spiro atoms. The molecule has 2 heterocycles. The van der Waals surface area contributed by atoms with Crippen molar-refractivity contribution in [1.29, 1.82) is 0 Å². The Morgan fingerprint density at radius 3 is 2.38 bits per heavy atom. The lowest BCUT2D eigenvalue weighted by atomic mass is 9.94. The number of carbonyl (C=O) groups is 3. The van der Waals surface area contributed by atoms with Gasteiger partial charge in [-0.15, -0.1) is 0 Å². The minimum atomic E-state index is -5.20. The number of rotatable bonds is 3. The fourth-order valence-corrected chi connectivity index (χ4v) is 3.31. The molecule has 1 aromatic rings. The molecule has 0 radical (unpaired) electrons. The van der Waals surface area contributed by atoms with E-state index in [-0.39, 0.29) is 5.56 Å². The molecule has 1 saturated carbocycles. The van der Waals surface area contributed by atoms with E-state index in [1.807, 2.05) is 0 Å². The third-order valence-electron chi connectivity index (χ3n) is 4.66. The summed E-state index contributed by atoms with van der Waals surface area (Å²) >= 11 is 0. The average molecular weight is 370 g/mol. The third-order valence-corrected chi connectivity index (χ3v) is 4.66. The van der Waals surface area contributed by atoms with Gasteiger partial charge in [-0.05, 0) is 25.0 Å². The normalized spacial score (nSPS) is 24.5. The van der Waals surface area contributed by atoms with E-state index in [1.165, 1.54) is 24.5 Å². The van der Waals surface area contributed by atoms with Crippen LogP contribution in [0.4, 0.5) is 18.0 Å². The number of imide groups is 1. The van der Waals surface area contributed by atoms with Crippen molar-refractivity contribution in [2.75, 3.05) is 0 Å². The summed E-state index contributed by atoms with van der Waals surface area (Å²) in [7, 11) is 0. The van der Waals surface area contributed by atoms with Crippen LogP contribution in [-0.4, -0.2) is 45.6 Å². The molecule has 4 amide bonds. The van der Waals surface area contributed by atoms with E-state index in [0.717, 1.165) is 19.3 Å².